The van der Waals surface area contributed by atoms with Crippen molar-refractivity contribution < 1.29 is 0 Å². The van der Waals surface area contributed by atoms with Crippen molar-refractivity contribution in [1.82, 2.24) is 0 Å². The monoisotopic (exact) mass is 727 g/mol. The van der Waals surface area contributed by atoms with Gasteiger partial charge in [-0.3, -0.25) is 0 Å². The Kier molecular flexibility index (Phi) is 7.50. The lowest BCUT2D eigenvalue weighted by Crippen LogP contribution is -2.40. The topological polar surface area (TPSA) is 3.24 Å². The summed E-state index contributed by atoms with van der Waals surface area (Å²) in [6, 6.07) is 78.7. The third-order valence-corrected chi connectivity index (χ3v) is 12.8. The molecule has 2 aliphatic carbocycles. The Morgan fingerprint density at radius 1 is 0.316 bits per heavy atom. The zero-order valence-corrected chi connectivity index (χ0v) is 32.2. The van der Waals surface area contributed by atoms with Gasteiger partial charge in [-0.05, 0) is 114 Å². The minimum atomic E-state index is -0.467. The van der Waals surface area contributed by atoms with Crippen LogP contribution in [0.1, 0.15) is 47.2 Å². The molecular weight excluding hydrogens is 687 g/mol. The third-order valence-electron chi connectivity index (χ3n) is 12.8. The highest BCUT2D eigenvalue weighted by molar-refractivity contribution is 5.97. The molecule has 0 N–H and O–H groups in total. The van der Waals surface area contributed by atoms with Crippen LogP contribution in [0.3, 0.4) is 0 Å². The van der Waals surface area contributed by atoms with Gasteiger partial charge in [0.2, 0.25) is 0 Å². The van der Waals surface area contributed by atoms with E-state index in [-0.39, 0.29) is 5.41 Å². The number of benzene rings is 9. The molecular formula is C56H41N. The van der Waals surface area contributed by atoms with Gasteiger partial charge in [-0.15, -0.1) is 0 Å². The minimum absolute atomic E-state index is 0.147. The predicted molar refractivity (Wildman–Crippen MR) is 239 cm³/mol. The van der Waals surface area contributed by atoms with Gasteiger partial charge < -0.3 is 4.90 Å². The summed E-state index contributed by atoms with van der Waals surface area (Å²) in [7, 11) is 0. The molecule has 0 radical (unpaired) electrons. The molecule has 0 unspecified atom stereocenters. The molecule has 0 amide bonds. The summed E-state index contributed by atoms with van der Waals surface area (Å²) in [6.07, 6.45) is 0. The lowest BCUT2D eigenvalue weighted by atomic mass is 9.55. The highest BCUT2D eigenvalue weighted by Gasteiger charge is 2.53. The number of fused-ring (bicyclic) bond motifs is 10. The van der Waals surface area contributed by atoms with Gasteiger partial charge in [0.15, 0.2) is 0 Å². The minimum Gasteiger partial charge on any atom is -0.310 e. The zero-order valence-electron chi connectivity index (χ0n) is 32.2. The standard InChI is InChI=1S/C56H41N/c1-55(2)50-23-10-12-25-52(50)56(53-26-13-11-24-51(53)55)49-22-9-8-20-47(49)48-36-35-44(37-54(48)56)57(42-31-27-39(28-32-42)38-15-4-3-5-16-38)43-33-29-41(30-34-43)46-21-14-18-40-17-6-7-19-45(40)46/h3-37H,1-2H3. The fraction of sp³-hybridized carbons (Fsp3) is 0.0714. The summed E-state index contributed by atoms with van der Waals surface area (Å²) in [4.78, 5) is 2.43. The normalized spacial score (nSPS) is 14.1. The van der Waals surface area contributed by atoms with E-state index in [1.54, 1.807) is 0 Å². The Balaban J connectivity index is 1.13. The van der Waals surface area contributed by atoms with Crippen LogP contribution in [0.5, 0.6) is 0 Å². The van der Waals surface area contributed by atoms with Crippen molar-refractivity contribution in [3.63, 3.8) is 0 Å². The first kappa shape index (κ1) is 33.4. The molecule has 11 rings (SSSR count). The van der Waals surface area contributed by atoms with Crippen molar-refractivity contribution >= 4 is 27.8 Å². The largest absolute Gasteiger partial charge is 0.310 e. The average Bonchev–Trinajstić information content (AvgIpc) is 3.57. The number of rotatable bonds is 5. The second kappa shape index (κ2) is 12.8. The van der Waals surface area contributed by atoms with Crippen LogP contribution < -0.4 is 4.90 Å². The number of anilines is 3. The summed E-state index contributed by atoms with van der Waals surface area (Å²) < 4.78 is 0. The van der Waals surface area contributed by atoms with E-state index in [1.807, 2.05) is 0 Å². The molecule has 0 atom stereocenters. The summed E-state index contributed by atoms with van der Waals surface area (Å²) >= 11 is 0. The van der Waals surface area contributed by atoms with Crippen LogP contribution in [0.25, 0.3) is 44.2 Å². The van der Waals surface area contributed by atoms with E-state index in [2.05, 4.69) is 231 Å². The predicted octanol–water partition coefficient (Wildman–Crippen LogP) is 14.6. The maximum atomic E-state index is 2.49. The SMILES string of the molecule is CC1(C)c2ccccc2C2(c3ccccc3-c3ccc(N(c4ccc(-c5ccccc5)cc4)c4ccc(-c5cccc6ccccc56)cc4)cc32)c2ccccc21. The van der Waals surface area contributed by atoms with Crippen molar-refractivity contribution in [2.24, 2.45) is 0 Å². The molecule has 1 spiro atoms. The van der Waals surface area contributed by atoms with Crippen LogP contribution in [0.2, 0.25) is 0 Å². The molecule has 0 bridgehead atoms. The maximum Gasteiger partial charge on any atom is 0.0720 e. The van der Waals surface area contributed by atoms with Gasteiger partial charge >= 0.3 is 0 Å². The van der Waals surface area contributed by atoms with Gasteiger partial charge in [-0.25, -0.2) is 0 Å². The van der Waals surface area contributed by atoms with Crippen LogP contribution in [0.4, 0.5) is 17.1 Å². The molecule has 0 heterocycles. The summed E-state index contributed by atoms with van der Waals surface area (Å²) in [5, 5.41) is 2.52. The molecule has 9 aromatic rings. The Labute approximate surface area is 335 Å². The fourth-order valence-corrected chi connectivity index (χ4v) is 10.1. The second-order valence-corrected chi connectivity index (χ2v) is 16.1. The number of hydrogen-bond donors (Lipinski definition) is 0. The highest BCUT2D eigenvalue weighted by Crippen LogP contribution is 2.62. The molecule has 9 aromatic carbocycles. The van der Waals surface area contributed by atoms with Crippen molar-refractivity contribution in [3.8, 4) is 33.4 Å². The first-order valence-corrected chi connectivity index (χ1v) is 20.0. The summed E-state index contributed by atoms with van der Waals surface area (Å²) in [5.41, 5.74) is 18.4. The molecule has 0 fully saturated rings. The second-order valence-electron chi connectivity index (χ2n) is 16.1. The van der Waals surface area contributed by atoms with E-state index in [0.717, 1.165) is 17.1 Å². The molecule has 2 aliphatic rings. The van der Waals surface area contributed by atoms with Gasteiger partial charge in [0.05, 0.1) is 5.41 Å². The van der Waals surface area contributed by atoms with Gasteiger partial charge in [0.25, 0.3) is 0 Å². The average molecular weight is 728 g/mol. The van der Waals surface area contributed by atoms with E-state index in [4.69, 9.17) is 0 Å². The van der Waals surface area contributed by atoms with Crippen molar-refractivity contribution in [3.05, 3.63) is 246 Å². The Hall–Kier alpha value is -6.96. The van der Waals surface area contributed by atoms with Gasteiger partial charge in [0, 0.05) is 22.5 Å². The molecule has 0 saturated carbocycles. The summed E-state index contributed by atoms with van der Waals surface area (Å²) in [6.45, 7) is 4.77. The quantitative estimate of drug-likeness (QED) is 0.171. The lowest BCUT2D eigenvalue weighted by molar-refractivity contribution is 0.563. The first-order valence-electron chi connectivity index (χ1n) is 20.0. The van der Waals surface area contributed by atoms with Crippen LogP contribution in [0, 0.1) is 0 Å². The fourth-order valence-electron chi connectivity index (χ4n) is 10.1. The summed E-state index contributed by atoms with van der Waals surface area (Å²) in [5.74, 6) is 0. The maximum absolute atomic E-state index is 2.49. The molecule has 270 valence electrons. The smallest absolute Gasteiger partial charge is 0.0720 e. The molecule has 1 heteroatoms. The molecule has 0 saturated heterocycles. The highest BCUT2D eigenvalue weighted by atomic mass is 15.1. The van der Waals surface area contributed by atoms with Gasteiger partial charge in [-0.2, -0.15) is 0 Å². The van der Waals surface area contributed by atoms with E-state index in [1.165, 1.54) is 77.5 Å². The van der Waals surface area contributed by atoms with Gasteiger partial charge in [-0.1, -0.05) is 190 Å². The van der Waals surface area contributed by atoms with Crippen molar-refractivity contribution in [1.29, 1.82) is 0 Å². The van der Waals surface area contributed by atoms with E-state index >= 15 is 0 Å². The van der Waals surface area contributed by atoms with Crippen LogP contribution in [-0.2, 0) is 10.8 Å². The van der Waals surface area contributed by atoms with Crippen LogP contribution in [0.15, 0.2) is 212 Å². The zero-order chi connectivity index (χ0) is 38.1. The number of nitrogens with zero attached hydrogens (tertiary/aromatic N) is 1. The molecule has 57 heavy (non-hydrogen) atoms. The van der Waals surface area contributed by atoms with Crippen LogP contribution in [-0.4, -0.2) is 0 Å². The Bertz CT molecular complexity index is 2920. The first-order chi connectivity index (χ1) is 28.0. The lowest BCUT2D eigenvalue weighted by Gasteiger charge is -2.46. The van der Waals surface area contributed by atoms with Crippen LogP contribution >= 0.6 is 0 Å². The van der Waals surface area contributed by atoms with E-state index in [0.29, 0.717) is 0 Å². The van der Waals surface area contributed by atoms with Crippen molar-refractivity contribution in [2.75, 3.05) is 4.90 Å². The van der Waals surface area contributed by atoms with E-state index in [9.17, 15) is 0 Å². The molecule has 1 nitrogen and oxygen atoms in total. The number of hydrogen-bond acceptors (Lipinski definition) is 1. The van der Waals surface area contributed by atoms with E-state index < -0.39 is 5.41 Å². The van der Waals surface area contributed by atoms with Gasteiger partial charge in [0.1, 0.15) is 0 Å². The third kappa shape index (κ3) is 4.95. The Morgan fingerprint density at radius 2 is 0.789 bits per heavy atom. The van der Waals surface area contributed by atoms with Crippen molar-refractivity contribution in [2.45, 2.75) is 24.7 Å². The molecule has 0 aromatic heterocycles. The Morgan fingerprint density at radius 3 is 1.47 bits per heavy atom. The molecule has 0 aliphatic heterocycles.